The minimum Gasteiger partial charge on any atom is -0.412 e. The quantitative estimate of drug-likeness (QED) is 0.366. The summed E-state index contributed by atoms with van der Waals surface area (Å²) >= 11 is 12.9. The summed E-state index contributed by atoms with van der Waals surface area (Å²) in [5.41, 5.74) is 2.65. The van der Waals surface area contributed by atoms with E-state index in [-0.39, 0.29) is 0 Å². The average molecular weight is 539 g/mol. The number of nitrogens with zero attached hydrogens (tertiary/aromatic N) is 5. The highest BCUT2D eigenvalue weighted by molar-refractivity contribution is 6.39. The molecule has 0 atom stereocenters. The van der Waals surface area contributed by atoms with Crippen LogP contribution in [0.15, 0.2) is 59.7 Å². The zero-order valence-corrected chi connectivity index (χ0v) is 22.4. The molecule has 1 N–H and O–H groups in total. The fourth-order valence-electron chi connectivity index (χ4n) is 4.71. The number of nitrogens with one attached hydrogen (secondary N) is 1. The van der Waals surface area contributed by atoms with E-state index in [2.05, 4.69) is 51.1 Å². The smallest absolute Gasteiger partial charge is 0.293 e. The minimum absolute atomic E-state index is 0.291. The van der Waals surface area contributed by atoms with Crippen molar-refractivity contribution in [3.8, 4) is 11.1 Å². The molecule has 0 aliphatic carbocycles. The Morgan fingerprint density at radius 1 is 0.973 bits per heavy atom. The van der Waals surface area contributed by atoms with Gasteiger partial charge in [-0.05, 0) is 50.2 Å². The first kappa shape index (κ1) is 25.3. The molecule has 0 radical (unpaired) electrons. The van der Waals surface area contributed by atoms with Crippen molar-refractivity contribution in [2.24, 2.45) is 0 Å². The molecule has 0 unspecified atom stereocenters. The molecule has 37 heavy (non-hydrogen) atoms. The van der Waals surface area contributed by atoms with Gasteiger partial charge in [0.05, 0.1) is 21.0 Å². The fourth-order valence-corrected chi connectivity index (χ4v) is 5.31. The van der Waals surface area contributed by atoms with Crippen LogP contribution >= 0.6 is 23.2 Å². The molecular formula is C27H28Cl2N6O2. The summed E-state index contributed by atoms with van der Waals surface area (Å²) in [5.74, 6) is 0.530. The van der Waals surface area contributed by atoms with E-state index in [0.29, 0.717) is 44.1 Å². The normalized spacial score (nSPS) is 14.4. The van der Waals surface area contributed by atoms with Gasteiger partial charge in [0.1, 0.15) is 19.3 Å². The highest BCUT2D eigenvalue weighted by Crippen LogP contribution is 2.35. The van der Waals surface area contributed by atoms with Crippen LogP contribution in [0.4, 0.5) is 17.2 Å². The molecule has 1 saturated heterocycles. The molecule has 3 heterocycles. The number of pyridine rings is 1. The van der Waals surface area contributed by atoms with Crippen molar-refractivity contribution in [2.75, 3.05) is 43.5 Å². The Bertz CT molecular complexity index is 1480. The third-order valence-corrected chi connectivity index (χ3v) is 7.32. The zero-order valence-electron chi connectivity index (χ0n) is 20.9. The van der Waals surface area contributed by atoms with Gasteiger partial charge in [-0.15, -0.1) is 4.73 Å². The zero-order chi connectivity index (χ0) is 26.1. The van der Waals surface area contributed by atoms with Gasteiger partial charge in [-0.25, -0.2) is 9.97 Å². The molecule has 2 aromatic heterocycles. The second-order valence-corrected chi connectivity index (χ2v) is 10.0. The van der Waals surface area contributed by atoms with Crippen LogP contribution in [0, 0.1) is 0 Å². The first-order valence-electron chi connectivity index (χ1n) is 12.1. The molecular weight excluding hydrogens is 511 g/mol. The van der Waals surface area contributed by atoms with E-state index >= 15 is 0 Å². The second-order valence-electron chi connectivity index (χ2n) is 9.19. The number of halogens is 2. The fraction of sp³-hybridized carbons (Fsp3) is 0.296. The Morgan fingerprint density at radius 2 is 1.68 bits per heavy atom. The van der Waals surface area contributed by atoms with Crippen LogP contribution in [-0.4, -0.2) is 58.9 Å². The van der Waals surface area contributed by atoms with Crippen LogP contribution in [-0.2, 0) is 0 Å². The molecule has 5 rings (SSSR count). The molecule has 192 valence electrons. The Balaban J connectivity index is 1.53. The van der Waals surface area contributed by atoms with Crippen LogP contribution in [0.2, 0.25) is 10.0 Å². The van der Waals surface area contributed by atoms with Gasteiger partial charge in [-0.1, -0.05) is 35.3 Å². The van der Waals surface area contributed by atoms with E-state index in [0.717, 1.165) is 42.3 Å². The molecule has 10 heteroatoms. The number of piperazine rings is 1. The number of anilines is 3. The summed E-state index contributed by atoms with van der Waals surface area (Å²) in [7, 11) is 1.41. The summed E-state index contributed by atoms with van der Waals surface area (Å²) in [6.07, 6.45) is 1.40. The van der Waals surface area contributed by atoms with Crippen LogP contribution in [0.1, 0.15) is 13.8 Å². The monoisotopic (exact) mass is 538 g/mol. The summed E-state index contributed by atoms with van der Waals surface area (Å²) in [5, 5.41) is 4.72. The number of hydrogen-bond acceptors (Lipinski definition) is 7. The van der Waals surface area contributed by atoms with Gasteiger partial charge in [-0.3, -0.25) is 9.69 Å². The van der Waals surface area contributed by atoms with Crippen molar-refractivity contribution in [3.63, 3.8) is 0 Å². The van der Waals surface area contributed by atoms with Gasteiger partial charge in [0.15, 0.2) is 5.65 Å². The van der Waals surface area contributed by atoms with Crippen LogP contribution < -0.4 is 20.6 Å². The average Bonchev–Trinajstić information content (AvgIpc) is 2.89. The van der Waals surface area contributed by atoms with Gasteiger partial charge in [0, 0.05) is 49.2 Å². The molecule has 4 aromatic rings. The van der Waals surface area contributed by atoms with Gasteiger partial charge in [0.2, 0.25) is 0 Å². The molecule has 1 aliphatic heterocycles. The second kappa shape index (κ2) is 10.6. The summed E-state index contributed by atoms with van der Waals surface area (Å²) in [6.45, 7) is 8.49. The van der Waals surface area contributed by atoms with Gasteiger partial charge >= 0.3 is 0 Å². The third-order valence-electron chi connectivity index (χ3n) is 6.69. The van der Waals surface area contributed by atoms with Crippen LogP contribution in [0.25, 0.3) is 22.2 Å². The standard InChI is InChI=1S/C27H28Cl2N6O2/c1-17(2)33-10-12-34(13-11-33)19-7-4-6-18(14-19)32-25-21-15-20(24-22(28)8-5-9-23(24)29)27(36)35(37-3)26(21)31-16-30-25/h4-9,14-17H,10-13H2,1-3H3,(H,30,31,32). The maximum atomic E-state index is 13.3. The Labute approximate surface area is 225 Å². The lowest BCUT2D eigenvalue weighted by Crippen LogP contribution is -2.48. The van der Waals surface area contributed by atoms with E-state index < -0.39 is 5.56 Å². The lowest BCUT2D eigenvalue weighted by Gasteiger charge is -2.38. The van der Waals surface area contributed by atoms with E-state index in [1.54, 1.807) is 24.3 Å². The number of rotatable bonds is 6. The van der Waals surface area contributed by atoms with E-state index in [4.69, 9.17) is 28.0 Å². The van der Waals surface area contributed by atoms with Gasteiger partial charge in [-0.2, -0.15) is 0 Å². The highest BCUT2D eigenvalue weighted by atomic mass is 35.5. The van der Waals surface area contributed by atoms with Crippen molar-refractivity contribution < 1.29 is 4.84 Å². The third kappa shape index (κ3) is 4.97. The maximum Gasteiger partial charge on any atom is 0.293 e. The van der Waals surface area contributed by atoms with Crippen LogP contribution in [0.3, 0.4) is 0 Å². The molecule has 0 saturated carbocycles. The first-order valence-corrected chi connectivity index (χ1v) is 12.9. The largest absolute Gasteiger partial charge is 0.412 e. The number of hydrogen-bond donors (Lipinski definition) is 1. The van der Waals surface area contributed by atoms with Crippen LogP contribution in [0.5, 0.6) is 0 Å². The number of benzene rings is 2. The summed E-state index contributed by atoms with van der Waals surface area (Å²) in [6, 6.07) is 15.6. The molecule has 0 amide bonds. The lowest BCUT2D eigenvalue weighted by molar-refractivity contribution is 0.168. The molecule has 8 nitrogen and oxygen atoms in total. The van der Waals surface area contributed by atoms with Gasteiger partial charge in [0.25, 0.3) is 5.56 Å². The topological polar surface area (TPSA) is 75.5 Å². The highest BCUT2D eigenvalue weighted by Gasteiger charge is 2.21. The van der Waals surface area contributed by atoms with E-state index in [1.165, 1.54) is 13.4 Å². The SMILES string of the molecule is COn1c(=O)c(-c2c(Cl)cccc2Cl)cc2c(Nc3cccc(N4CCN(C(C)C)CC4)c3)ncnc21. The summed E-state index contributed by atoms with van der Waals surface area (Å²) < 4.78 is 1.13. The Hall–Kier alpha value is -3.33. The van der Waals surface area contributed by atoms with Crippen molar-refractivity contribution in [2.45, 2.75) is 19.9 Å². The van der Waals surface area contributed by atoms with E-state index in [1.807, 2.05) is 12.1 Å². The lowest BCUT2D eigenvalue weighted by atomic mass is 10.1. The van der Waals surface area contributed by atoms with Crippen molar-refractivity contribution >= 4 is 51.4 Å². The molecule has 2 aromatic carbocycles. The van der Waals surface area contributed by atoms with Crippen molar-refractivity contribution in [3.05, 3.63) is 75.3 Å². The van der Waals surface area contributed by atoms with E-state index in [9.17, 15) is 4.79 Å². The Morgan fingerprint density at radius 3 is 2.35 bits per heavy atom. The molecule has 0 bridgehead atoms. The molecule has 0 spiro atoms. The number of fused-ring (bicyclic) bond motifs is 1. The molecule has 1 aliphatic rings. The molecule has 1 fully saturated rings. The predicted octanol–water partition coefficient (Wildman–Crippen LogP) is 5.10. The van der Waals surface area contributed by atoms with Crippen molar-refractivity contribution in [1.29, 1.82) is 0 Å². The minimum atomic E-state index is -0.419. The summed E-state index contributed by atoms with van der Waals surface area (Å²) in [4.78, 5) is 32.4. The first-order chi connectivity index (χ1) is 17.9. The van der Waals surface area contributed by atoms with Gasteiger partial charge < -0.3 is 15.1 Å². The number of aromatic nitrogens is 3. The Kier molecular flexibility index (Phi) is 7.24. The maximum absolute atomic E-state index is 13.3. The predicted molar refractivity (Wildman–Crippen MR) is 150 cm³/mol. The van der Waals surface area contributed by atoms with Crippen molar-refractivity contribution in [1.82, 2.24) is 19.6 Å².